The van der Waals surface area contributed by atoms with E-state index in [2.05, 4.69) is 41.1 Å². The fourth-order valence-corrected chi connectivity index (χ4v) is 5.95. The summed E-state index contributed by atoms with van der Waals surface area (Å²) in [5.74, 6) is 1.21. The molecule has 9 nitrogen and oxygen atoms in total. The minimum Gasteiger partial charge on any atom is -0.351 e. The first-order chi connectivity index (χ1) is 19.2. The van der Waals surface area contributed by atoms with Crippen molar-refractivity contribution in [2.75, 3.05) is 52.1 Å². The summed E-state index contributed by atoms with van der Waals surface area (Å²) in [7, 11) is 3.93. The largest absolute Gasteiger partial charge is 0.351 e. The Bertz CT molecular complexity index is 1150. The number of benzene rings is 1. The lowest BCUT2D eigenvalue weighted by molar-refractivity contribution is -0.131. The van der Waals surface area contributed by atoms with Gasteiger partial charge in [0, 0.05) is 57.1 Å². The number of piperazine rings is 1. The van der Waals surface area contributed by atoms with Gasteiger partial charge in [0.05, 0.1) is 11.6 Å². The van der Waals surface area contributed by atoms with Gasteiger partial charge < -0.3 is 20.0 Å². The molecule has 0 aromatic heterocycles. The van der Waals surface area contributed by atoms with Crippen molar-refractivity contribution in [3.63, 3.8) is 0 Å². The highest BCUT2D eigenvalue weighted by atomic mass is 16.2. The van der Waals surface area contributed by atoms with Crippen LogP contribution in [-0.4, -0.2) is 90.2 Å². The van der Waals surface area contributed by atoms with Crippen molar-refractivity contribution in [1.82, 2.24) is 25.1 Å². The standard InChI is InChI=1S/C31H47N7O2/c1-7-24-20-25(30(39)34-37-18-16-35(5)17-19-37)14-15-27(24)32-23(4)33-29-28(8-2)36(6)31(40)22(3)21-38(29)26-12-10-9-11-13-26/h8,14-15,20,22,26,32H,4,7,9-13,16-19,21H2,1-3,5-6H3,(H,34,39)/b28-8+,33-29+. The van der Waals surface area contributed by atoms with Crippen molar-refractivity contribution < 1.29 is 9.59 Å². The number of aliphatic imine (C=N–C) groups is 1. The van der Waals surface area contributed by atoms with Gasteiger partial charge in [-0.15, -0.1) is 0 Å². The highest BCUT2D eigenvalue weighted by molar-refractivity contribution is 6.03. The summed E-state index contributed by atoms with van der Waals surface area (Å²) in [6.45, 7) is 14.4. The minimum absolute atomic E-state index is 0.0917. The van der Waals surface area contributed by atoms with Crippen LogP contribution in [0.15, 0.2) is 47.4 Å². The molecule has 1 atom stereocenters. The van der Waals surface area contributed by atoms with Gasteiger partial charge in [-0.3, -0.25) is 15.0 Å². The third kappa shape index (κ3) is 6.93. The Morgan fingerprint density at radius 3 is 2.48 bits per heavy atom. The second-order valence-corrected chi connectivity index (χ2v) is 11.4. The van der Waals surface area contributed by atoms with E-state index in [1.165, 1.54) is 19.3 Å². The highest BCUT2D eigenvalue weighted by Gasteiger charge is 2.36. The van der Waals surface area contributed by atoms with E-state index >= 15 is 0 Å². The normalized spacial score (nSPS) is 23.9. The van der Waals surface area contributed by atoms with Crippen molar-refractivity contribution in [2.24, 2.45) is 10.9 Å². The molecule has 9 heteroatoms. The summed E-state index contributed by atoms with van der Waals surface area (Å²) in [6, 6.07) is 6.09. The van der Waals surface area contributed by atoms with E-state index in [1.54, 1.807) is 4.90 Å². The second-order valence-electron chi connectivity index (χ2n) is 11.4. The lowest BCUT2D eigenvalue weighted by atomic mass is 9.93. The molecule has 2 saturated heterocycles. The molecule has 0 radical (unpaired) electrons. The highest BCUT2D eigenvalue weighted by Crippen LogP contribution is 2.29. The van der Waals surface area contributed by atoms with E-state index in [4.69, 9.17) is 4.99 Å². The Balaban J connectivity index is 1.55. The van der Waals surface area contributed by atoms with Gasteiger partial charge in [-0.05, 0) is 57.0 Å². The molecule has 2 N–H and O–H groups in total. The number of hydrogen-bond acceptors (Lipinski definition) is 6. The first-order valence-corrected chi connectivity index (χ1v) is 14.8. The molecule has 2 aliphatic heterocycles. The molecule has 0 bridgehead atoms. The second kappa shape index (κ2) is 13.5. The quantitative estimate of drug-likeness (QED) is 0.534. The molecule has 0 spiro atoms. The molecule has 2 heterocycles. The fraction of sp³-hybridized carbons (Fsp3) is 0.581. The number of carbonyl (C=O) groups is 2. The average molecular weight is 550 g/mol. The number of amides is 2. The molecule has 3 aliphatic rings. The van der Waals surface area contributed by atoms with Crippen LogP contribution in [0.25, 0.3) is 0 Å². The fourth-order valence-electron chi connectivity index (χ4n) is 5.95. The van der Waals surface area contributed by atoms with Gasteiger partial charge >= 0.3 is 0 Å². The Hall–Kier alpha value is -3.17. The number of hydrazine groups is 1. The van der Waals surface area contributed by atoms with Crippen LogP contribution in [-0.2, 0) is 11.2 Å². The van der Waals surface area contributed by atoms with Crippen LogP contribution in [0.5, 0.6) is 0 Å². The van der Waals surface area contributed by atoms with Crippen LogP contribution in [0.1, 0.15) is 68.8 Å². The van der Waals surface area contributed by atoms with Gasteiger partial charge in [0.2, 0.25) is 5.91 Å². The number of aryl methyl sites for hydroxylation is 1. The SMILES string of the molecule is C=C(/N=C1\C(=C/C)N(C)C(=O)C(C)CN1C1CCCCC1)Nc1ccc(C(=O)NN2CCN(C)CC2)cc1CC. The molecular formula is C31H47N7O2. The third-order valence-electron chi connectivity index (χ3n) is 8.41. The summed E-state index contributed by atoms with van der Waals surface area (Å²) in [5.41, 5.74) is 6.40. The lowest BCUT2D eigenvalue weighted by Crippen LogP contribution is -2.52. The maximum atomic E-state index is 13.1. The Morgan fingerprint density at radius 2 is 1.82 bits per heavy atom. The number of amidine groups is 1. The Labute approximate surface area is 239 Å². The summed E-state index contributed by atoms with van der Waals surface area (Å²) in [6.07, 6.45) is 8.61. The number of nitrogens with one attached hydrogen (secondary N) is 2. The van der Waals surface area contributed by atoms with Gasteiger partial charge in [-0.1, -0.05) is 45.8 Å². The molecular weight excluding hydrogens is 502 g/mol. The first kappa shape index (κ1) is 29.8. The smallest absolute Gasteiger partial charge is 0.265 e. The topological polar surface area (TPSA) is 83.5 Å². The van der Waals surface area contributed by atoms with Crippen molar-refractivity contribution in [3.8, 4) is 0 Å². The van der Waals surface area contributed by atoms with E-state index in [9.17, 15) is 9.59 Å². The summed E-state index contributed by atoms with van der Waals surface area (Å²) in [5, 5.41) is 5.39. The molecule has 40 heavy (non-hydrogen) atoms. The number of anilines is 1. The van der Waals surface area contributed by atoms with Gasteiger partial charge in [-0.25, -0.2) is 10.0 Å². The average Bonchev–Trinajstić information content (AvgIpc) is 3.04. The molecule has 1 aromatic carbocycles. The zero-order valence-electron chi connectivity index (χ0n) is 25.0. The minimum atomic E-state index is -0.118. The third-order valence-corrected chi connectivity index (χ3v) is 8.41. The Kier molecular flexibility index (Phi) is 10.0. The van der Waals surface area contributed by atoms with E-state index in [0.717, 1.165) is 68.2 Å². The van der Waals surface area contributed by atoms with E-state index in [-0.39, 0.29) is 17.7 Å². The van der Waals surface area contributed by atoms with Gasteiger partial charge in [0.25, 0.3) is 5.91 Å². The first-order valence-electron chi connectivity index (χ1n) is 14.8. The predicted molar refractivity (Wildman–Crippen MR) is 162 cm³/mol. The summed E-state index contributed by atoms with van der Waals surface area (Å²) >= 11 is 0. The summed E-state index contributed by atoms with van der Waals surface area (Å²) in [4.78, 5) is 37.4. The lowest BCUT2D eigenvalue weighted by Gasteiger charge is -2.37. The van der Waals surface area contributed by atoms with Gasteiger partial charge in [0.15, 0.2) is 5.84 Å². The molecule has 3 fully saturated rings. The van der Waals surface area contributed by atoms with Gasteiger partial charge in [-0.2, -0.15) is 0 Å². The van der Waals surface area contributed by atoms with Gasteiger partial charge in [0.1, 0.15) is 5.82 Å². The van der Waals surface area contributed by atoms with Crippen LogP contribution >= 0.6 is 0 Å². The maximum absolute atomic E-state index is 13.1. The van der Waals surface area contributed by atoms with Crippen LogP contribution in [0.3, 0.4) is 0 Å². The molecule has 1 aromatic rings. The monoisotopic (exact) mass is 549 g/mol. The van der Waals surface area contributed by atoms with Crippen molar-refractivity contribution >= 4 is 23.3 Å². The number of allylic oxidation sites excluding steroid dienone is 1. The predicted octanol–water partition coefficient (Wildman–Crippen LogP) is 4.07. The molecule has 1 saturated carbocycles. The molecule has 4 rings (SSSR count). The number of hydrogen-bond donors (Lipinski definition) is 2. The molecule has 2 amide bonds. The zero-order valence-corrected chi connectivity index (χ0v) is 25.0. The number of nitrogens with zero attached hydrogens (tertiary/aromatic N) is 5. The van der Waals surface area contributed by atoms with Crippen LogP contribution in [0, 0.1) is 5.92 Å². The number of rotatable bonds is 7. The van der Waals surface area contributed by atoms with Crippen molar-refractivity contribution in [2.45, 2.75) is 65.3 Å². The van der Waals surface area contributed by atoms with Crippen LogP contribution in [0.2, 0.25) is 0 Å². The zero-order chi connectivity index (χ0) is 28.8. The Morgan fingerprint density at radius 1 is 1.12 bits per heavy atom. The maximum Gasteiger partial charge on any atom is 0.265 e. The van der Waals surface area contributed by atoms with E-state index in [0.29, 0.717) is 24.0 Å². The number of carbonyl (C=O) groups excluding carboxylic acids is 2. The van der Waals surface area contributed by atoms with Crippen molar-refractivity contribution in [1.29, 1.82) is 0 Å². The molecule has 1 unspecified atom stereocenters. The van der Waals surface area contributed by atoms with E-state index < -0.39 is 0 Å². The number of likely N-dealkylation sites (N-methyl/N-ethyl adjacent to an activating group) is 2. The van der Waals surface area contributed by atoms with Crippen LogP contribution in [0.4, 0.5) is 5.69 Å². The van der Waals surface area contributed by atoms with Crippen molar-refractivity contribution in [3.05, 3.63) is 53.5 Å². The van der Waals surface area contributed by atoms with E-state index in [1.807, 2.05) is 50.2 Å². The summed E-state index contributed by atoms with van der Waals surface area (Å²) < 4.78 is 0. The van der Waals surface area contributed by atoms with Crippen LogP contribution < -0.4 is 10.7 Å². The molecule has 1 aliphatic carbocycles. The molecule has 218 valence electrons.